The number of nitrogens with zero attached hydrogens (tertiary/aromatic N) is 2. The molecule has 1 saturated heterocycles. The highest BCUT2D eigenvalue weighted by Crippen LogP contribution is 2.32. The lowest BCUT2D eigenvalue weighted by atomic mass is 10.1. The second-order valence-electron chi connectivity index (χ2n) is 4.76. The summed E-state index contributed by atoms with van der Waals surface area (Å²) in [4.78, 5) is 2.13. The van der Waals surface area contributed by atoms with Gasteiger partial charge in [0.2, 0.25) is 0 Å². The molecule has 2 rings (SSSR count). The molecule has 0 spiro atoms. The molecule has 3 nitrogen and oxygen atoms in total. The Morgan fingerprint density at radius 2 is 2.16 bits per heavy atom. The maximum Gasteiger partial charge on any atom is 0.416 e. The Morgan fingerprint density at radius 1 is 1.42 bits per heavy atom. The van der Waals surface area contributed by atoms with Gasteiger partial charge in [0.15, 0.2) is 0 Å². The van der Waals surface area contributed by atoms with Gasteiger partial charge in [-0.15, -0.1) is 0 Å². The highest BCUT2D eigenvalue weighted by atomic mass is 19.4. The number of halogens is 3. The highest BCUT2D eigenvalue weighted by molar-refractivity contribution is 5.59. The van der Waals surface area contributed by atoms with Gasteiger partial charge in [0.25, 0.3) is 0 Å². The molecule has 1 aromatic rings. The van der Waals surface area contributed by atoms with Crippen molar-refractivity contribution < 1.29 is 13.2 Å². The number of likely N-dealkylation sites (tertiary alicyclic amines) is 1. The van der Waals surface area contributed by atoms with Gasteiger partial charge >= 0.3 is 6.18 Å². The maximum atomic E-state index is 12.6. The highest BCUT2D eigenvalue weighted by Gasteiger charge is 2.31. The van der Waals surface area contributed by atoms with E-state index in [1.54, 1.807) is 0 Å². The molecule has 102 valence electrons. The van der Waals surface area contributed by atoms with Crippen molar-refractivity contribution in [3.05, 3.63) is 29.3 Å². The average molecular weight is 269 g/mol. The van der Waals surface area contributed by atoms with Crippen molar-refractivity contribution in [2.75, 3.05) is 25.5 Å². The Labute approximate surface area is 109 Å². The molecule has 1 heterocycles. The number of hydrogen-bond donors (Lipinski definition) is 1. The molecule has 19 heavy (non-hydrogen) atoms. The summed E-state index contributed by atoms with van der Waals surface area (Å²) in [6.45, 7) is 1.77. The van der Waals surface area contributed by atoms with Crippen molar-refractivity contribution in [3.63, 3.8) is 0 Å². The van der Waals surface area contributed by atoms with Crippen LogP contribution in [0, 0.1) is 11.3 Å². The number of rotatable bonds is 2. The molecule has 1 unspecified atom stereocenters. The summed E-state index contributed by atoms with van der Waals surface area (Å²) >= 11 is 0. The third-order valence-corrected chi connectivity index (χ3v) is 3.22. The van der Waals surface area contributed by atoms with Crippen LogP contribution in [0.3, 0.4) is 0 Å². The second-order valence-corrected chi connectivity index (χ2v) is 4.76. The number of benzene rings is 1. The number of alkyl halides is 3. The molecule has 1 atom stereocenters. The second kappa shape index (κ2) is 5.10. The maximum absolute atomic E-state index is 12.6. The summed E-state index contributed by atoms with van der Waals surface area (Å²) in [7, 11) is 1.99. The lowest BCUT2D eigenvalue weighted by Gasteiger charge is -2.16. The summed E-state index contributed by atoms with van der Waals surface area (Å²) in [5.41, 5.74) is -0.293. The molecule has 0 radical (unpaired) electrons. The Bertz CT molecular complexity index is 505. The van der Waals surface area contributed by atoms with E-state index in [9.17, 15) is 13.2 Å². The Kier molecular flexibility index (Phi) is 3.67. The molecule has 0 bridgehead atoms. The molecule has 1 aliphatic heterocycles. The lowest BCUT2D eigenvalue weighted by molar-refractivity contribution is -0.137. The summed E-state index contributed by atoms with van der Waals surface area (Å²) in [5, 5.41) is 12.1. The van der Waals surface area contributed by atoms with Crippen LogP contribution >= 0.6 is 0 Å². The molecule has 1 N–H and O–H groups in total. The van der Waals surface area contributed by atoms with Gasteiger partial charge in [-0.1, -0.05) is 0 Å². The number of nitriles is 1. The molecule has 0 aromatic heterocycles. The predicted octanol–water partition coefficient (Wildman–Crippen LogP) is 2.69. The molecule has 1 fully saturated rings. The van der Waals surface area contributed by atoms with E-state index in [2.05, 4.69) is 10.2 Å². The van der Waals surface area contributed by atoms with Gasteiger partial charge < -0.3 is 10.2 Å². The van der Waals surface area contributed by atoms with Gasteiger partial charge in [-0.2, -0.15) is 18.4 Å². The van der Waals surface area contributed by atoms with Crippen molar-refractivity contribution >= 4 is 5.69 Å². The molecule has 1 aromatic carbocycles. The molecule has 0 saturated carbocycles. The van der Waals surface area contributed by atoms with Gasteiger partial charge in [0, 0.05) is 12.6 Å². The van der Waals surface area contributed by atoms with Crippen molar-refractivity contribution in [1.82, 2.24) is 4.90 Å². The molecule has 1 aliphatic rings. The van der Waals surface area contributed by atoms with Crippen LogP contribution in [-0.2, 0) is 6.18 Å². The van der Waals surface area contributed by atoms with E-state index < -0.39 is 11.7 Å². The lowest BCUT2D eigenvalue weighted by Crippen LogP contribution is -2.24. The molecular formula is C13H14F3N3. The third kappa shape index (κ3) is 3.18. The van der Waals surface area contributed by atoms with E-state index in [0.717, 1.165) is 31.6 Å². The van der Waals surface area contributed by atoms with E-state index in [-0.39, 0.29) is 11.6 Å². The average Bonchev–Trinajstić information content (AvgIpc) is 2.74. The van der Waals surface area contributed by atoms with Crippen LogP contribution in [0.25, 0.3) is 0 Å². The first-order chi connectivity index (χ1) is 8.90. The smallest absolute Gasteiger partial charge is 0.380 e. The number of likely N-dealkylation sites (N-methyl/N-ethyl adjacent to an activating group) is 1. The largest absolute Gasteiger partial charge is 0.416 e. The van der Waals surface area contributed by atoms with E-state index >= 15 is 0 Å². The van der Waals surface area contributed by atoms with E-state index in [0.29, 0.717) is 5.69 Å². The van der Waals surface area contributed by atoms with Crippen LogP contribution in [0.15, 0.2) is 18.2 Å². The molecular weight excluding hydrogens is 255 g/mol. The molecule has 0 amide bonds. The van der Waals surface area contributed by atoms with Crippen molar-refractivity contribution in [2.24, 2.45) is 0 Å². The minimum absolute atomic E-state index is 0.0318. The normalized spacial score (nSPS) is 20.3. The minimum Gasteiger partial charge on any atom is -0.380 e. The van der Waals surface area contributed by atoms with Gasteiger partial charge in [-0.05, 0) is 38.2 Å². The zero-order valence-electron chi connectivity index (χ0n) is 10.5. The van der Waals surface area contributed by atoms with Crippen LogP contribution in [0.2, 0.25) is 0 Å². The Hall–Kier alpha value is -1.74. The summed E-state index contributed by atoms with van der Waals surface area (Å²) < 4.78 is 37.7. The Morgan fingerprint density at radius 3 is 2.68 bits per heavy atom. The number of nitrogens with one attached hydrogen (secondary N) is 1. The van der Waals surface area contributed by atoms with Crippen molar-refractivity contribution in [1.29, 1.82) is 5.26 Å². The molecule has 6 heteroatoms. The minimum atomic E-state index is -4.42. The fourth-order valence-corrected chi connectivity index (χ4v) is 2.21. The van der Waals surface area contributed by atoms with Gasteiger partial charge in [-0.25, -0.2) is 0 Å². The number of hydrogen-bond acceptors (Lipinski definition) is 3. The zero-order valence-corrected chi connectivity index (χ0v) is 10.5. The van der Waals surface area contributed by atoms with Crippen LogP contribution in [0.5, 0.6) is 0 Å². The van der Waals surface area contributed by atoms with E-state index in [4.69, 9.17) is 5.26 Å². The van der Waals surface area contributed by atoms with Gasteiger partial charge in [-0.3, -0.25) is 0 Å². The van der Waals surface area contributed by atoms with Crippen molar-refractivity contribution in [3.8, 4) is 6.07 Å². The standard InChI is InChI=1S/C13H14F3N3/c1-19-5-4-11(8-19)18-12-3-2-10(13(14,15)16)6-9(12)7-17/h2-3,6,11,18H,4-5,8H2,1H3. The van der Waals surface area contributed by atoms with Crippen LogP contribution in [-0.4, -0.2) is 31.1 Å². The zero-order chi connectivity index (χ0) is 14.0. The first-order valence-corrected chi connectivity index (χ1v) is 5.96. The van der Waals surface area contributed by atoms with Crippen molar-refractivity contribution in [2.45, 2.75) is 18.6 Å². The SMILES string of the molecule is CN1CCC(Nc2ccc(C(F)(F)F)cc2C#N)C1. The first-order valence-electron chi connectivity index (χ1n) is 5.96. The first kappa shape index (κ1) is 13.7. The quantitative estimate of drug-likeness (QED) is 0.897. The summed E-state index contributed by atoms with van der Waals surface area (Å²) in [6, 6.07) is 5.22. The summed E-state index contributed by atoms with van der Waals surface area (Å²) in [5.74, 6) is 0. The Balaban J connectivity index is 2.20. The third-order valence-electron chi connectivity index (χ3n) is 3.22. The molecule has 0 aliphatic carbocycles. The fraction of sp³-hybridized carbons (Fsp3) is 0.462. The van der Waals surface area contributed by atoms with Gasteiger partial charge in [0.05, 0.1) is 16.8 Å². The summed E-state index contributed by atoms with van der Waals surface area (Å²) in [6.07, 6.45) is -3.50. The van der Waals surface area contributed by atoms with E-state index in [1.165, 1.54) is 6.07 Å². The number of anilines is 1. The van der Waals surface area contributed by atoms with Gasteiger partial charge in [0.1, 0.15) is 6.07 Å². The van der Waals surface area contributed by atoms with Crippen LogP contribution in [0.4, 0.5) is 18.9 Å². The topological polar surface area (TPSA) is 39.1 Å². The fourth-order valence-electron chi connectivity index (χ4n) is 2.21. The predicted molar refractivity (Wildman–Crippen MR) is 65.7 cm³/mol. The van der Waals surface area contributed by atoms with Crippen LogP contribution < -0.4 is 5.32 Å². The van der Waals surface area contributed by atoms with E-state index in [1.807, 2.05) is 13.1 Å². The monoisotopic (exact) mass is 269 g/mol. The van der Waals surface area contributed by atoms with Crippen LogP contribution in [0.1, 0.15) is 17.5 Å².